The summed E-state index contributed by atoms with van der Waals surface area (Å²) in [7, 11) is 0. The Labute approximate surface area is 77.0 Å². The smallest absolute Gasteiger partial charge is 0.229 e. The summed E-state index contributed by atoms with van der Waals surface area (Å²) in [6.07, 6.45) is 2.76. The molecule has 4 heteroatoms. The summed E-state index contributed by atoms with van der Waals surface area (Å²) in [6, 6.07) is 0. The number of aromatic nitrogens is 2. The van der Waals surface area contributed by atoms with Crippen LogP contribution in [0.1, 0.15) is 44.3 Å². The van der Waals surface area contributed by atoms with Crippen LogP contribution in [0.15, 0.2) is 4.52 Å². The van der Waals surface area contributed by atoms with E-state index in [4.69, 9.17) is 4.52 Å². The van der Waals surface area contributed by atoms with Gasteiger partial charge in [-0.3, -0.25) is 0 Å². The van der Waals surface area contributed by atoms with Gasteiger partial charge in [0, 0.05) is 5.92 Å². The molecule has 1 aliphatic carbocycles. The fourth-order valence-corrected chi connectivity index (χ4v) is 1.22. The van der Waals surface area contributed by atoms with Crippen molar-refractivity contribution in [3.05, 3.63) is 11.7 Å². The zero-order valence-corrected chi connectivity index (χ0v) is 7.95. The summed E-state index contributed by atoms with van der Waals surface area (Å²) in [5, 5.41) is 13.4. The molecule has 1 heterocycles. The van der Waals surface area contributed by atoms with E-state index in [0.29, 0.717) is 18.2 Å². The van der Waals surface area contributed by atoms with E-state index in [0.717, 1.165) is 5.82 Å². The second-order valence-corrected chi connectivity index (χ2v) is 4.31. The number of hydrogen-bond acceptors (Lipinski definition) is 4. The first-order chi connectivity index (χ1) is 6.04. The largest absolute Gasteiger partial charge is 0.390 e. The Hall–Kier alpha value is -0.900. The van der Waals surface area contributed by atoms with Crippen LogP contribution in [0.5, 0.6) is 0 Å². The number of nitrogens with zero attached hydrogens (tertiary/aromatic N) is 2. The van der Waals surface area contributed by atoms with E-state index >= 15 is 0 Å². The second kappa shape index (κ2) is 2.80. The van der Waals surface area contributed by atoms with Crippen molar-refractivity contribution in [2.75, 3.05) is 0 Å². The standard InChI is InChI=1S/C9H14N2O2/c1-9(2,12)5-7-10-8(11-13-7)6-3-4-6/h6,12H,3-5H2,1-2H3. The van der Waals surface area contributed by atoms with Crippen molar-refractivity contribution >= 4 is 0 Å². The highest BCUT2D eigenvalue weighted by molar-refractivity contribution is 5.04. The summed E-state index contributed by atoms with van der Waals surface area (Å²) < 4.78 is 5.02. The van der Waals surface area contributed by atoms with Gasteiger partial charge in [0.1, 0.15) is 0 Å². The molecule has 1 saturated carbocycles. The van der Waals surface area contributed by atoms with Crippen molar-refractivity contribution in [2.45, 2.75) is 44.6 Å². The fraction of sp³-hybridized carbons (Fsp3) is 0.778. The lowest BCUT2D eigenvalue weighted by Gasteiger charge is -2.12. The van der Waals surface area contributed by atoms with Crippen molar-refractivity contribution in [2.24, 2.45) is 0 Å². The molecular formula is C9H14N2O2. The van der Waals surface area contributed by atoms with Gasteiger partial charge in [-0.05, 0) is 26.7 Å². The molecule has 0 aliphatic heterocycles. The van der Waals surface area contributed by atoms with Gasteiger partial charge in [0.2, 0.25) is 5.89 Å². The molecule has 1 aliphatic rings. The monoisotopic (exact) mass is 182 g/mol. The molecular weight excluding hydrogens is 168 g/mol. The summed E-state index contributed by atoms with van der Waals surface area (Å²) >= 11 is 0. The minimum Gasteiger partial charge on any atom is -0.390 e. The Morgan fingerprint density at radius 2 is 2.23 bits per heavy atom. The van der Waals surface area contributed by atoms with Gasteiger partial charge in [0.05, 0.1) is 12.0 Å². The third kappa shape index (κ3) is 2.28. The van der Waals surface area contributed by atoms with E-state index < -0.39 is 5.60 Å². The lowest BCUT2D eigenvalue weighted by atomic mass is 10.1. The van der Waals surface area contributed by atoms with Crippen LogP contribution in [-0.4, -0.2) is 20.8 Å². The first-order valence-corrected chi connectivity index (χ1v) is 4.59. The van der Waals surface area contributed by atoms with Crippen LogP contribution >= 0.6 is 0 Å². The molecule has 0 saturated heterocycles. The highest BCUT2D eigenvalue weighted by Gasteiger charge is 2.29. The maximum Gasteiger partial charge on any atom is 0.229 e. The van der Waals surface area contributed by atoms with Crippen LogP contribution in [0.25, 0.3) is 0 Å². The molecule has 0 aromatic carbocycles. The first kappa shape index (κ1) is 8.69. The lowest BCUT2D eigenvalue weighted by Crippen LogP contribution is -2.21. The highest BCUT2D eigenvalue weighted by atomic mass is 16.5. The van der Waals surface area contributed by atoms with Gasteiger partial charge in [-0.1, -0.05) is 5.16 Å². The number of hydrogen-bond donors (Lipinski definition) is 1. The average Bonchev–Trinajstić information content (AvgIpc) is 2.72. The summed E-state index contributed by atoms with van der Waals surface area (Å²) in [4.78, 5) is 4.22. The number of aliphatic hydroxyl groups is 1. The predicted octanol–water partition coefficient (Wildman–Crippen LogP) is 1.26. The Bertz CT molecular complexity index is 297. The van der Waals surface area contributed by atoms with E-state index in [-0.39, 0.29) is 0 Å². The maximum absolute atomic E-state index is 9.51. The van der Waals surface area contributed by atoms with E-state index in [2.05, 4.69) is 10.1 Å². The van der Waals surface area contributed by atoms with Crippen LogP contribution in [-0.2, 0) is 6.42 Å². The van der Waals surface area contributed by atoms with Crippen LogP contribution in [0.4, 0.5) is 0 Å². The Morgan fingerprint density at radius 1 is 1.54 bits per heavy atom. The third-order valence-corrected chi connectivity index (χ3v) is 2.01. The molecule has 0 amide bonds. The number of rotatable bonds is 3. The zero-order valence-electron chi connectivity index (χ0n) is 7.95. The minimum atomic E-state index is -0.770. The highest BCUT2D eigenvalue weighted by Crippen LogP contribution is 2.38. The van der Waals surface area contributed by atoms with Crippen LogP contribution in [0.2, 0.25) is 0 Å². The Balaban J connectivity index is 2.04. The third-order valence-electron chi connectivity index (χ3n) is 2.01. The normalized spacial score (nSPS) is 17.8. The van der Waals surface area contributed by atoms with Crippen molar-refractivity contribution < 1.29 is 9.63 Å². The van der Waals surface area contributed by atoms with Gasteiger partial charge in [-0.2, -0.15) is 4.98 Å². The lowest BCUT2D eigenvalue weighted by molar-refractivity contribution is 0.0718. The molecule has 0 spiro atoms. The van der Waals surface area contributed by atoms with Crippen LogP contribution in [0.3, 0.4) is 0 Å². The van der Waals surface area contributed by atoms with Crippen molar-refractivity contribution in [3.63, 3.8) is 0 Å². The molecule has 4 nitrogen and oxygen atoms in total. The van der Waals surface area contributed by atoms with Gasteiger partial charge in [-0.15, -0.1) is 0 Å². The molecule has 0 atom stereocenters. The van der Waals surface area contributed by atoms with Gasteiger partial charge in [-0.25, -0.2) is 0 Å². The summed E-state index contributed by atoms with van der Waals surface area (Å²) in [5.74, 6) is 1.85. The van der Waals surface area contributed by atoms with E-state index in [1.54, 1.807) is 13.8 Å². The quantitative estimate of drug-likeness (QED) is 0.764. The zero-order chi connectivity index (χ0) is 9.47. The molecule has 1 fully saturated rings. The molecule has 1 aromatic rings. The van der Waals surface area contributed by atoms with Crippen molar-refractivity contribution in [1.29, 1.82) is 0 Å². The second-order valence-electron chi connectivity index (χ2n) is 4.31. The molecule has 1 aromatic heterocycles. The molecule has 1 N–H and O–H groups in total. The van der Waals surface area contributed by atoms with Crippen LogP contribution in [0, 0.1) is 0 Å². The maximum atomic E-state index is 9.51. The summed E-state index contributed by atoms with van der Waals surface area (Å²) in [5.41, 5.74) is -0.770. The van der Waals surface area contributed by atoms with Gasteiger partial charge in [0.15, 0.2) is 5.82 Å². The fourth-order valence-electron chi connectivity index (χ4n) is 1.22. The van der Waals surface area contributed by atoms with E-state index in [9.17, 15) is 5.11 Å². The SMILES string of the molecule is CC(C)(O)Cc1nc(C2CC2)no1. The molecule has 0 bridgehead atoms. The molecule has 72 valence electrons. The van der Waals surface area contributed by atoms with Crippen molar-refractivity contribution in [3.8, 4) is 0 Å². The minimum absolute atomic E-state index is 0.423. The van der Waals surface area contributed by atoms with E-state index in [1.807, 2.05) is 0 Å². The van der Waals surface area contributed by atoms with Gasteiger partial charge < -0.3 is 9.63 Å². The Morgan fingerprint density at radius 3 is 2.77 bits per heavy atom. The molecule has 13 heavy (non-hydrogen) atoms. The Kier molecular flexibility index (Phi) is 1.87. The average molecular weight is 182 g/mol. The molecule has 2 rings (SSSR count). The molecule has 0 unspecified atom stereocenters. The summed E-state index contributed by atoms with van der Waals surface area (Å²) in [6.45, 7) is 3.46. The topological polar surface area (TPSA) is 59.2 Å². The van der Waals surface area contributed by atoms with Gasteiger partial charge in [0.25, 0.3) is 0 Å². The van der Waals surface area contributed by atoms with Crippen LogP contribution < -0.4 is 0 Å². The first-order valence-electron chi connectivity index (χ1n) is 4.59. The molecule has 0 radical (unpaired) electrons. The predicted molar refractivity (Wildman–Crippen MR) is 46.3 cm³/mol. The van der Waals surface area contributed by atoms with Crippen molar-refractivity contribution in [1.82, 2.24) is 10.1 Å². The van der Waals surface area contributed by atoms with Gasteiger partial charge >= 0.3 is 0 Å². The van der Waals surface area contributed by atoms with E-state index in [1.165, 1.54) is 12.8 Å².